The van der Waals surface area contributed by atoms with Crippen LogP contribution >= 0.6 is 28.1 Å². The zero-order chi connectivity index (χ0) is 15.4. The monoisotopic (exact) mass is 373 g/mol. The largest absolute Gasteiger partial charge is 0.389 e. The molecular formula is C15H21BrFN3S. The second kappa shape index (κ2) is 7.51. The van der Waals surface area contributed by atoms with Crippen LogP contribution in [0.1, 0.15) is 31.7 Å². The van der Waals surface area contributed by atoms with Gasteiger partial charge in [-0.15, -0.1) is 0 Å². The number of hydrogen-bond donors (Lipinski definition) is 2. The maximum Gasteiger partial charge on any atom is 0.161 e. The average Bonchev–Trinajstić information content (AvgIpc) is 2.49. The number of anilines is 1. The summed E-state index contributed by atoms with van der Waals surface area (Å²) in [4.78, 5) is 2.64. The van der Waals surface area contributed by atoms with E-state index in [2.05, 4.69) is 33.1 Å². The van der Waals surface area contributed by atoms with Crippen LogP contribution in [0.15, 0.2) is 16.6 Å². The lowest BCUT2D eigenvalue weighted by molar-refractivity contribution is 0.180. The Morgan fingerprint density at radius 1 is 1.43 bits per heavy atom. The molecule has 3 N–H and O–H groups in total. The molecule has 1 aromatic rings. The maximum absolute atomic E-state index is 14.3. The van der Waals surface area contributed by atoms with Crippen molar-refractivity contribution in [1.29, 1.82) is 0 Å². The van der Waals surface area contributed by atoms with Crippen LogP contribution in [0.2, 0.25) is 0 Å². The Hall–Kier alpha value is -0.720. The molecule has 0 aliphatic carbocycles. The molecule has 1 aromatic carbocycles. The van der Waals surface area contributed by atoms with Crippen molar-refractivity contribution >= 4 is 38.8 Å². The number of nitrogens with two attached hydrogens (primary N) is 1. The van der Waals surface area contributed by atoms with E-state index in [4.69, 9.17) is 18.0 Å². The number of likely N-dealkylation sites (tertiary alicyclic amines) is 1. The minimum atomic E-state index is -0.342. The Kier molecular flexibility index (Phi) is 5.96. The van der Waals surface area contributed by atoms with E-state index in [0.717, 1.165) is 19.6 Å². The van der Waals surface area contributed by atoms with Gasteiger partial charge in [-0.25, -0.2) is 4.39 Å². The molecule has 0 spiro atoms. The summed E-state index contributed by atoms with van der Waals surface area (Å²) in [6.07, 6.45) is 3.83. The minimum Gasteiger partial charge on any atom is -0.389 e. The molecule has 116 valence electrons. The smallest absolute Gasteiger partial charge is 0.161 e. The molecule has 1 atom stereocenters. The van der Waals surface area contributed by atoms with E-state index in [1.165, 1.54) is 19.3 Å². The summed E-state index contributed by atoms with van der Waals surface area (Å²) in [6.45, 7) is 5.16. The van der Waals surface area contributed by atoms with Crippen molar-refractivity contribution in [1.82, 2.24) is 4.90 Å². The molecule has 1 aliphatic rings. The second-order valence-electron chi connectivity index (χ2n) is 5.48. The van der Waals surface area contributed by atoms with E-state index in [0.29, 0.717) is 21.8 Å². The van der Waals surface area contributed by atoms with Gasteiger partial charge >= 0.3 is 0 Å². The first-order valence-corrected chi connectivity index (χ1v) is 8.46. The highest BCUT2D eigenvalue weighted by atomic mass is 79.9. The van der Waals surface area contributed by atoms with Crippen LogP contribution in [0.5, 0.6) is 0 Å². The van der Waals surface area contributed by atoms with Crippen molar-refractivity contribution in [3.63, 3.8) is 0 Å². The van der Waals surface area contributed by atoms with Crippen LogP contribution in [0, 0.1) is 5.82 Å². The molecule has 0 radical (unpaired) electrons. The summed E-state index contributed by atoms with van der Waals surface area (Å²) in [7, 11) is 0. The zero-order valence-electron chi connectivity index (χ0n) is 12.2. The van der Waals surface area contributed by atoms with Gasteiger partial charge in [0.25, 0.3) is 0 Å². The van der Waals surface area contributed by atoms with Crippen LogP contribution in [0.25, 0.3) is 0 Å². The molecular weight excluding hydrogens is 353 g/mol. The van der Waals surface area contributed by atoms with Crippen LogP contribution in [0.4, 0.5) is 10.1 Å². The van der Waals surface area contributed by atoms with Crippen molar-refractivity contribution in [2.75, 3.05) is 25.0 Å². The summed E-state index contributed by atoms with van der Waals surface area (Å²) in [5.74, 6) is -0.342. The summed E-state index contributed by atoms with van der Waals surface area (Å²) in [6, 6.07) is 3.82. The number of piperidine rings is 1. The molecule has 1 unspecified atom stereocenters. The fourth-order valence-corrected chi connectivity index (χ4v) is 3.48. The van der Waals surface area contributed by atoms with Gasteiger partial charge in [0, 0.05) is 18.2 Å². The molecule has 1 saturated heterocycles. The van der Waals surface area contributed by atoms with Gasteiger partial charge in [0.05, 0.1) is 10.2 Å². The van der Waals surface area contributed by atoms with E-state index in [-0.39, 0.29) is 10.8 Å². The number of nitrogens with zero attached hydrogens (tertiary/aromatic N) is 1. The Balaban J connectivity index is 1.99. The van der Waals surface area contributed by atoms with Gasteiger partial charge in [0.1, 0.15) is 4.99 Å². The normalized spacial score (nSPS) is 17.5. The standard InChI is InChI=1S/C15H21BrFN3S/c1-10(20-7-3-2-4-8-20)9-19-12-6-5-11(15(18)21)13(16)14(12)17/h5-6,10,19H,2-4,7-9H2,1H3,(H2,18,21). The first kappa shape index (κ1) is 16.6. The predicted molar refractivity (Wildman–Crippen MR) is 93.4 cm³/mol. The zero-order valence-corrected chi connectivity index (χ0v) is 14.6. The first-order valence-electron chi connectivity index (χ1n) is 7.26. The number of thiocarbonyl (C=S) groups is 1. The van der Waals surface area contributed by atoms with E-state index in [1.54, 1.807) is 12.1 Å². The summed E-state index contributed by atoms with van der Waals surface area (Å²) >= 11 is 8.12. The van der Waals surface area contributed by atoms with E-state index >= 15 is 0 Å². The third-order valence-electron chi connectivity index (χ3n) is 3.95. The number of nitrogens with one attached hydrogen (secondary N) is 1. The lowest BCUT2D eigenvalue weighted by Crippen LogP contribution is -2.41. The van der Waals surface area contributed by atoms with Crippen molar-refractivity contribution in [2.45, 2.75) is 32.2 Å². The Labute approximate surface area is 139 Å². The minimum absolute atomic E-state index is 0.189. The van der Waals surface area contributed by atoms with E-state index < -0.39 is 0 Å². The van der Waals surface area contributed by atoms with E-state index in [9.17, 15) is 4.39 Å². The first-order chi connectivity index (χ1) is 10.0. The third-order valence-corrected chi connectivity index (χ3v) is 4.94. The summed E-state index contributed by atoms with van der Waals surface area (Å²) in [5.41, 5.74) is 6.56. The van der Waals surface area contributed by atoms with Gasteiger partial charge in [-0.1, -0.05) is 18.6 Å². The van der Waals surface area contributed by atoms with Gasteiger partial charge in [-0.05, 0) is 60.9 Å². The van der Waals surface area contributed by atoms with Gasteiger partial charge < -0.3 is 11.1 Å². The second-order valence-corrected chi connectivity index (χ2v) is 6.71. The summed E-state index contributed by atoms with van der Waals surface area (Å²) < 4.78 is 14.6. The van der Waals surface area contributed by atoms with Crippen molar-refractivity contribution < 1.29 is 4.39 Å². The van der Waals surface area contributed by atoms with Crippen LogP contribution in [-0.4, -0.2) is 35.6 Å². The highest BCUT2D eigenvalue weighted by Gasteiger charge is 2.18. The van der Waals surface area contributed by atoms with Gasteiger partial charge in [-0.2, -0.15) is 0 Å². The number of hydrogen-bond acceptors (Lipinski definition) is 3. The van der Waals surface area contributed by atoms with Gasteiger partial charge in [-0.3, -0.25) is 4.90 Å². The topological polar surface area (TPSA) is 41.3 Å². The predicted octanol–water partition coefficient (Wildman–Crippen LogP) is 3.51. The molecule has 21 heavy (non-hydrogen) atoms. The molecule has 0 amide bonds. The Morgan fingerprint density at radius 2 is 2.10 bits per heavy atom. The third kappa shape index (κ3) is 4.14. The molecule has 1 aliphatic heterocycles. The van der Waals surface area contributed by atoms with Gasteiger partial charge in [0.2, 0.25) is 0 Å². The number of benzene rings is 1. The Bertz CT molecular complexity index is 518. The summed E-state index contributed by atoms with van der Waals surface area (Å²) in [5, 5.41) is 3.19. The fourth-order valence-electron chi connectivity index (χ4n) is 2.62. The molecule has 0 bridgehead atoms. The average molecular weight is 374 g/mol. The van der Waals surface area contributed by atoms with E-state index in [1.807, 2.05) is 0 Å². The molecule has 6 heteroatoms. The molecule has 2 rings (SSSR count). The fraction of sp³-hybridized carbons (Fsp3) is 0.533. The molecule has 1 fully saturated rings. The molecule has 3 nitrogen and oxygen atoms in total. The molecule has 0 aromatic heterocycles. The van der Waals surface area contributed by atoms with Crippen LogP contribution < -0.4 is 11.1 Å². The van der Waals surface area contributed by atoms with Crippen molar-refractivity contribution in [3.8, 4) is 0 Å². The Morgan fingerprint density at radius 3 is 2.71 bits per heavy atom. The lowest BCUT2D eigenvalue weighted by atomic mass is 10.1. The highest BCUT2D eigenvalue weighted by Crippen LogP contribution is 2.27. The highest BCUT2D eigenvalue weighted by molar-refractivity contribution is 9.10. The quantitative estimate of drug-likeness (QED) is 0.774. The number of rotatable bonds is 5. The van der Waals surface area contributed by atoms with Crippen LogP contribution in [0.3, 0.4) is 0 Å². The molecule has 0 saturated carbocycles. The lowest BCUT2D eigenvalue weighted by Gasteiger charge is -2.32. The van der Waals surface area contributed by atoms with Crippen molar-refractivity contribution in [2.24, 2.45) is 5.73 Å². The molecule has 1 heterocycles. The van der Waals surface area contributed by atoms with Crippen molar-refractivity contribution in [3.05, 3.63) is 28.0 Å². The maximum atomic E-state index is 14.3. The SMILES string of the molecule is CC(CNc1ccc(C(N)=S)c(Br)c1F)N1CCCCC1. The number of halogens is 2. The van der Waals surface area contributed by atoms with Gasteiger partial charge in [0.15, 0.2) is 5.82 Å². The van der Waals surface area contributed by atoms with Crippen LogP contribution in [-0.2, 0) is 0 Å².